The van der Waals surface area contributed by atoms with Gasteiger partial charge in [-0.05, 0) is 30.5 Å². The van der Waals surface area contributed by atoms with E-state index in [2.05, 4.69) is 9.97 Å². The zero-order valence-electron chi connectivity index (χ0n) is 17.6. The van der Waals surface area contributed by atoms with E-state index in [4.69, 9.17) is 9.15 Å². The predicted molar refractivity (Wildman–Crippen MR) is 112 cm³/mol. The van der Waals surface area contributed by atoms with Crippen LogP contribution in [0.1, 0.15) is 48.7 Å². The molecular formula is C23H28N4O3. The van der Waals surface area contributed by atoms with Gasteiger partial charge in [0.15, 0.2) is 5.89 Å². The van der Waals surface area contributed by atoms with Crippen LogP contribution in [0.3, 0.4) is 0 Å². The third-order valence-corrected chi connectivity index (χ3v) is 5.66. The van der Waals surface area contributed by atoms with Crippen LogP contribution >= 0.6 is 0 Å². The van der Waals surface area contributed by atoms with Gasteiger partial charge in [-0.15, -0.1) is 0 Å². The summed E-state index contributed by atoms with van der Waals surface area (Å²) in [6.07, 6.45) is 8.87. The van der Waals surface area contributed by atoms with Crippen LogP contribution in [0.15, 0.2) is 47.3 Å². The van der Waals surface area contributed by atoms with E-state index in [0.29, 0.717) is 19.5 Å². The summed E-state index contributed by atoms with van der Waals surface area (Å²) in [5, 5.41) is 0. The van der Waals surface area contributed by atoms with Crippen LogP contribution in [0.4, 0.5) is 0 Å². The lowest BCUT2D eigenvalue weighted by atomic mass is 9.98. The molecule has 2 aromatic heterocycles. The molecule has 0 saturated carbocycles. The van der Waals surface area contributed by atoms with Gasteiger partial charge in [-0.1, -0.05) is 19.1 Å². The van der Waals surface area contributed by atoms with Gasteiger partial charge in [0.05, 0.1) is 19.2 Å². The number of nitrogens with zero attached hydrogens (tertiary/aromatic N) is 4. The van der Waals surface area contributed by atoms with Crippen molar-refractivity contribution in [3.63, 3.8) is 0 Å². The molecule has 0 N–H and O–H groups in total. The molecule has 3 heterocycles. The number of benzene rings is 1. The van der Waals surface area contributed by atoms with Gasteiger partial charge in [-0.3, -0.25) is 4.79 Å². The molecule has 1 fully saturated rings. The second-order valence-electron chi connectivity index (χ2n) is 7.69. The largest absolute Gasteiger partial charge is 0.497 e. The number of imidazole rings is 1. The van der Waals surface area contributed by atoms with Crippen LogP contribution in [0.5, 0.6) is 5.75 Å². The van der Waals surface area contributed by atoms with Crippen molar-refractivity contribution < 1.29 is 13.9 Å². The van der Waals surface area contributed by atoms with Gasteiger partial charge in [0.1, 0.15) is 23.9 Å². The Bertz CT molecular complexity index is 977. The van der Waals surface area contributed by atoms with E-state index in [1.807, 2.05) is 46.9 Å². The first-order chi connectivity index (χ1) is 14.7. The van der Waals surface area contributed by atoms with Gasteiger partial charge in [-0.25, -0.2) is 9.97 Å². The van der Waals surface area contributed by atoms with Crippen molar-refractivity contribution in [3.8, 4) is 5.75 Å². The Labute approximate surface area is 176 Å². The van der Waals surface area contributed by atoms with Gasteiger partial charge in [0.25, 0.3) is 0 Å². The van der Waals surface area contributed by atoms with E-state index >= 15 is 0 Å². The Balaban J connectivity index is 1.37. The number of methoxy groups -OCH3 is 1. The number of hydrogen-bond donors (Lipinski definition) is 0. The smallest absolute Gasteiger partial charge is 0.242 e. The summed E-state index contributed by atoms with van der Waals surface area (Å²) in [5.41, 5.74) is 1.14. The summed E-state index contributed by atoms with van der Waals surface area (Å²) in [7, 11) is 1.66. The molecule has 30 heavy (non-hydrogen) atoms. The standard InChI is InChI=1S/C23H28N4O3/c1-3-21-24-10-12-26(21)16-22(28)27-11-4-5-18(15-27)23-25-14-20(30-23)13-17-6-8-19(29-2)9-7-17/h6-10,12,14,18H,3-5,11,13,15-16H2,1-2H3/t18-/m1/s1. The SMILES string of the molecule is CCc1nccn1CC(=O)N1CCC[C@@H](c2ncc(Cc3ccc(OC)cc3)o2)C1. The van der Waals surface area contributed by atoms with Crippen molar-refractivity contribution in [2.45, 2.75) is 45.1 Å². The van der Waals surface area contributed by atoms with E-state index in [-0.39, 0.29) is 11.8 Å². The molecule has 1 aliphatic rings. The van der Waals surface area contributed by atoms with Gasteiger partial charge in [0, 0.05) is 38.3 Å². The normalized spacial score (nSPS) is 16.6. The minimum Gasteiger partial charge on any atom is -0.497 e. The Morgan fingerprint density at radius 2 is 2.10 bits per heavy atom. The fourth-order valence-electron chi connectivity index (χ4n) is 3.99. The highest BCUT2D eigenvalue weighted by Gasteiger charge is 2.28. The quantitative estimate of drug-likeness (QED) is 0.599. The highest BCUT2D eigenvalue weighted by Crippen LogP contribution is 2.27. The first-order valence-electron chi connectivity index (χ1n) is 10.5. The zero-order chi connectivity index (χ0) is 20.9. The Hall–Kier alpha value is -3.09. The zero-order valence-corrected chi connectivity index (χ0v) is 17.6. The van der Waals surface area contributed by atoms with E-state index in [1.165, 1.54) is 0 Å². The van der Waals surface area contributed by atoms with Crippen LogP contribution in [-0.2, 0) is 24.2 Å². The molecule has 1 atom stereocenters. The number of likely N-dealkylation sites (tertiary alicyclic amines) is 1. The topological polar surface area (TPSA) is 73.4 Å². The maximum absolute atomic E-state index is 12.8. The molecule has 1 amide bonds. The molecule has 1 saturated heterocycles. The maximum Gasteiger partial charge on any atom is 0.242 e. The highest BCUT2D eigenvalue weighted by atomic mass is 16.5. The van der Waals surface area contributed by atoms with Crippen LogP contribution < -0.4 is 4.74 Å². The second-order valence-corrected chi connectivity index (χ2v) is 7.69. The van der Waals surface area contributed by atoms with Crippen LogP contribution in [0, 0.1) is 0 Å². The number of amides is 1. The number of aryl methyl sites for hydroxylation is 1. The van der Waals surface area contributed by atoms with Crippen molar-refractivity contribution in [2.75, 3.05) is 20.2 Å². The summed E-state index contributed by atoms with van der Waals surface area (Å²) < 4.78 is 13.2. The third kappa shape index (κ3) is 4.56. The molecule has 7 heteroatoms. The first-order valence-corrected chi connectivity index (χ1v) is 10.5. The average Bonchev–Trinajstić information content (AvgIpc) is 3.43. The summed E-state index contributed by atoms with van der Waals surface area (Å²) >= 11 is 0. The number of hydrogen-bond acceptors (Lipinski definition) is 5. The van der Waals surface area contributed by atoms with Gasteiger partial charge < -0.3 is 18.6 Å². The average molecular weight is 409 g/mol. The summed E-state index contributed by atoms with van der Waals surface area (Å²) in [6, 6.07) is 7.95. The molecule has 0 bridgehead atoms. The molecule has 0 spiro atoms. The predicted octanol–water partition coefficient (Wildman–Crippen LogP) is 3.44. The number of piperidine rings is 1. The molecule has 158 valence electrons. The lowest BCUT2D eigenvalue weighted by Gasteiger charge is -2.31. The molecule has 0 unspecified atom stereocenters. The van der Waals surface area contributed by atoms with Gasteiger partial charge in [-0.2, -0.15) is 0 Å². The van der Waals surface area contributed by atoms with Crippen molar-refractivity contribution in [1.29, 1.82) is 0 Å². The van der Waals surface area contributed by atoms with E-state index in [0.717, 1.165) is 54.6 Å². The Morgan fingerprint density at radius 1 is 1.27 bits per heavy atom. The molecule has 0 aliphatic carbocycles. The lowest BCUT2D eigenvalue weighted by molar-refractivity contribution is -0.133. The van der Waals surface area contributed by atoms with Crippen LogP contribution in [0.25, 0.3) is 0 Å². The van der Waals surface area contributed by atoms with Crippen molar-refractivity contribution >= 4 is 5.91 Å². The molecule has 3 aromatic rings. The Kier molecular flexibility index (Phi) is 6.16. The van der Waals surface area contributed by atoms with Crippen molar-refractivity contribution in [3.05, 3.63) is 65.9 Å². The monoisotopic (exact) mass is 408 g/mol. The van der Waals surface area contributed by atoms with Crippen molar-refractivity contribution in [1.82, 2.24) is 19.4 Å². The lowest BCUT2D eigenvalue weighted by Crippen LogP contribution is -2.41. The number of aromatic nitrogens is 3. The van der Waals surface area contributed by atoms with Gasteiger partial charge >= 0.3 is 0 Å². The Morgan fingerprint density at radius 3 is 2.87 bits per heavy atom. The maximum atomic E-state index is 12.8. The molecule has 0 radical (unpaired) electrons. The number of carbonyl (C=O) groups is 1. The fourth-order valence-corrected chi connectivity index (χ4v) is 3.99. The number of carbonyl (C=O) groups excluding carboxylic acids is 1. The molecule has 1 aliphatic heterocycles. The fraction of sp³-hybridized carbons (Fsp3) is 0.435. The molecule has 1 aromatic carbocycles. The summed E-state index contributed by atoms with van der Waals surface area (Å²) in [5.74, 6) is 3.61. The summed E-state index contributed by atoms with van der Waals surface area (Å²) in [6.45, 7) is 3.82. The number of oxazole rings is 1. The van der Waals surface area contributed by atoms with Crippen LogP contribution in [-0.4, -0.2) is 45.5 Å². The third-order valence-electron chi connectivity index (χ3n) is 5.66. The van der Waals surface area contributed by atoms with Gasteiger partial charge in [0.2, 0.25) is 5.91 Å². The minimum atomic E-state index is 0.123. The highest BCUT2D eigenvalue weighted by molar-refractivity contribution is 5.76. The number of rotatable bonds is 7. The van der Waals surface area contributed by atoms with Crippen molar-refractivity contribution in [2.24, 2.45) is 0 Å². The molecule has 4 rings (SSSR count). The van der Waals surface area contributed by atoms with E-state index in [9.17, 15) is 4.79 Å². The summed E-state index contributed by atoms with van der Waals surface area (Å²) in [4.78, 5) is 23.6. The number of ether oxygens (including phenoxy) is 1. The van der Waals surface area contributed by atoms with Crippen LogP contribution in [0.2, 0.25) is 0 Å². The molecule has 7 nitrogen and oxygen atoms in total. The van der Waals surface area contributed by atoms with E-state index in [1.54, 1.807) is 19.5 Å². The molecular weight excluding hydrogens is 380 g/mol. The van der Waals surface area contributed by atoms with E-state index < -0.39 is 0 Å². The second kappa shape index (κ2) is 9.15. The minimum absolute atomic E-state index is 0.123. The first kappa shape index (κ1) is 20.2.